The summed E-state index contributed by atoms with van der Waals surface area (Å²) in [5.41, 5.74) is 1.49. The molecule has 0 spiro atoms. The van der Waals surface area contributed by atoms with Gasteiger partial charge in [-0.25, -0.2) is 4.98 Å². The van der Waals surface area contributed by atoms with Gasteiger partial charge in [0.1, 0.15) is 4.83 Å². The van der Waals surface area contributed by atoms with Gasteiger partial charge in [-0.3, -0.25) is 19.3 Å². The Balaban J connectivity index is 1.42. The van der Waals surface area contributed by atoms with Crippen molar-refractivity contribution in [2.24, 2.45) is 0 Å². The highest BCUT2D eigenvalue weighted by molar-refractivity contribution is 8.14. The van der Waals surface area contributed by atoms with Gasteiger partial charge in [0, 0.05) is 19.8 Å². The molecule has 1 N–H and O–H groups in total. The van der Waals surface area contributed by atoms with Crippen LogP contribution in [-0.2, 0) is 11.3 Å². The van der Waals surface area contributed by atoms with E-state index in [1.165, 1.54) is 16.2 Å². The third-order valence-corrected chi connectivity index (χ3v) is 7.26. The number of benzene rings is 1. The first-order valence-corrected chi connectivity index (χ1v) is 11.0. The van der Waals surface area contributed by atoms with Crippen LogP contribution in [0, 0.1) is 0 Å². The Bertz CT molecular complexity index is 1020. The second-order valence-corrected chi connectivity index (χ2v) is 9.32. The van der Waals surface area contributed by atoms with Crippen LogP contribution in [0.4, 0.5) is 15.6 Å². The lowest BCUT2D eigenvalue weighted by molar-refractivity contribution is -0.125. The number of amides is 3. The molecule has 1 saturated heterocycles. The van der Waals surface area contributed by atoms with Crippen molar-refractivity contribution in [3.05, 3.63) is 40.8 Å². The Morgan fingerprint density at radius 1 is 1.21 bits per heavy atom. The molecule has 2 aromatic heterocycles. The molecule has 4 rings (SSSR count). The van der Waals surface area contributed by atoms with E-state index in [-0.39, 0.29) is 29.4 Å². The van der Waals surface area contributed by atoms with Gasteiger partial charge in [-0.2, -0.15) is 0 Å². The fraction of sp³-hybridized carbons (Fsp3) is 0.222. The lowest BCUT2D eigenvalue weighted by Crippen LogP contribution is -2.27. The van der Waals surface area contributed by atoms with Crippen LogP contribution in [0.25, 0.3) is 9.53 Å². The van der Waals surface area contributed by atoms with Crippen molar-refractivity contribution >= 4 is 71.8 Å². The first-order valence-electron chi connectivity index (χ1n) is 8.36. The van der Waals surface area contributed by atoms with Crippen molar-refractivity contribution in [2.75, 3.05) is 30.1 Å². The molecule has 144 valence electrons. The third kappa shape index (κ3) is 3.75. The SMILES string of the molecule is CN(C)c1nc2sc(C(=O)Nc3ccc(CN4C(=O)CSC4=O)cc3)cc2s1. The van der Waals surface area contributed by atoms with Crippen molar-refractivity contribution < 1.29 is 14.4 Å². The number of imide groups is 1. The quantitative estimate of drug-likeness (QED) is 0.659. The molecule has 0 atom stereocenters. The number of nitrogens with one attached hydrogen (secondary N) is 1. The summed E-state index contributed by atoms with van der Waals surface area (Å²) in [6.45, 7) is 0.250. The zero-order valence-corrected chi connectivity index (χ0v) is 17.5. The van der Waals surface area contributed by atoms with Crippen LogP contribution in [-0.4, -0.2) is 46.8 Å². The molecule has 3 heterocycles. The van der Waals surface area contributed by atoms with Crippen LogP contribution >= 0.6 is 34.4 Å². The second kappa shape index (κ2) is 7.53. The van der Waals surface area contributed by atoms with E-state index in [1.807, 2.05) is 25.1 Å². The second-order valence-electron chi connectivity index (χ2n) is 6.36. The number of carbonyl (C=O) groups excluding carboxylic acids is 3. The number of thiazole rings is 1. The molecule has 0 saturated carbocycles. The third-order valence-electron chi connectivity index (χ3n) is 4.08. The fourth-order valence-electron chi connectivity index (χ4n) is 2.63. The summed E-state index contributed by atoms with van der Waals surface area (Å²) < 4.78 is 0.993. The Kier molecular flexibility index (Phi) is 5.09. The maximum absolute atomic E-state index is 12.5. The van der Waals surface area contributed by atoms with Crippen molar-refractivity contribution in [1.29, 1.82) is 0 Å². The van der Waals surface area contributed by atoms with Gasteiger partial charge in [0.05, 0.1) is 21.9 Å². The van der Waals surface area contributed by atoms with Crippen LogP contribution in [0.1, 0.15) is 15.2 Å². The zero-order chi connectivity index (χ0) is 19.8. The minimum absolute atomic E-state index is 0.170. The van der Waals surface area contributed by atoms with E-state index in [4.69, 9.17) is 0 Å². The monoisotopic (exact) mass is 432 g/mol. The van der Waals surface area contributed by atoms with Gasteiger partial charge < -0.3 is 10.2 Å². The van der Waals surface area contributed by atoms with Gasteiger partial charge in [-0.15, -0.1) is 11.3 Å². The maximum Gasteiger partial charge on any atom is 0.289 e. The van der Waals surface area contributed by atoms with E-state index in [1.54, 1.807) is 35.6 Å². The Morgan fingerprint density at radius 3 is 2.57 bits per heavy atom. The highest BCUT2D eigenvalue weighted by atomic mass is 32.2. The Labute approximate surface area is 173 Å². The number of aromatic nitrogens is 1. The molecule has 1 aromatic carbocycles. The normalized spacial score (nSPS) is 14.1. The van der Waals surface area contributed by atoms with E-state index in [2.05, 4.69) is 10.3 Å². The van der Waals surface area contributed by atoms with Gasteiger partial charge >= 0.3 is 0 Å². The van der Waals surface area contributed by atoms with Gasteiger partial charge in [0.15, 0.2) is 5.13 Å². The molecule has 0 unspecified atom stereocenters. The number of rotatable bonds is 5. The van der Waals surface area contributed by atoms with E-state index in [0.717, 1.165) is 32.0 Å². The van der Waals surface area contributed by atoms with E-state index >= 15 is 0 Å². The van der Waals surface area contributed by atoms with E-state index < -0.39 is 0 Å². The molecule has 3 amide bonds. The van der Waals surface area contributed by atoms with Crippen LogP contribution < -0.4 is 10.2 Å². The summed E-state index contributed by atoms with van der Waals surface area (Å²) in [6, 6.07) is 9.00. The molecule has 1 aliphatic heterocycles. The lowest BCUT2D eigenvalue weighted by Gasteiger charge is -2.13. The summed E-state index contributed by atoms with van der Waals surface area (Å²) in [7, 11) is 3.88. The van der Waals surface area contributed by atoms with E-state index in [0.29, 0.717) is 10.6 Å². The first-order chi connectivity index (χ1) is 13.4. The highest BCUT2D eigenvalue weighted by Crippen LogP contribution is 2.34. The Morgan fingerprint density at radius 2 is 1.96 bits per heavy atom. The van der Waals surface area contributed by atoms with E-state index in [9.17, 15) is 14.4 Å². The number of fused-ring (bicyclic) bond motifs is 1. The number of carbonyl (C=O) groups is 3. The van der Waals surface area contributed by atoms with Gasteiger partial charge in [0.25, 0.3) is 11.1 Å². The minimum Gasteiger partial charge on any atom is -0.354 e. The summed E-state index contributed by atoms with van der Waals surface area (Å²) in [5, 5.41) is 3.57. The van der Waals surface area contributed by atoms with Gasteiger partial charge in [-0.05, 0) is 23.8 Å². The lowest BCUT2D eigenvalue weighted by atomic mass is 10.2. The summed E-state index contributed by atoms with van der Waals surface area (Å²) in [4.78, 5) is 45.0. The van der Waals surface area contributed by atoms with Gasteiger partial charge in [0.2, 0.25) is 5.91 Å². The molecule has 10 heteroatoms. The molecular weight excluding hydrogens is 416 g/mol. The minimum atomic E-state index is -0.217. The predicted molar refractivity (Wildman–Crippen MR) is 115 cm³/mol. The van der Waals surface area contributed by atoms with Crippen molar-refractivity contribution in [1.82, 2.24) is 9.88 Å². The molecular formula is C18H16N4O3S3. The molecule has 7 nitrogen and oxygen atoms in total. The van der Waals surface area contributed by atoms with Crippen LogP contribution in [0.5, 0.6) is 0 Å². The fourth-order valence-corrected chi connectivity index (χ4v) is 5.38. The van der Waals surface area contributed by atoms with Crippen LogP contribution in [0.2, 0.25) is 0 Å². The first kappa shape index (κ1) is 18.9. The topological polar surface area (TPSA) is 82.6 Å². The van der Waals surface area contributed by atoms with Crippen molar-refractivity contribution in [3.8, 4) is 0 Å². The molecule has 0 aliphatic carbocycles. The number of nitrogens with zero attached hydrogens (tertiary/aromatic N) is 3. The Hall–Kier alpha value is -2.43. The smallest absolute Gasteiger partial charge is 0.289 e. The molecule has 3 aromatic rings. The van der Waals surface area contributed by atoms with Crippen LogP contribution in [0.15, 0.2) is 30.3 Å². The number of anilines is 2. The molecule has 0 bridgehead atoms. The van der Waals surface area contributed by atoms with Crippen molar-refractivity contribution in [3.63, 3.8) is 0 Å². The number of hydrogen-bond donors (Lipinski definition) is 1. The summed E-state index contributed by atoms with van der Waals surface area (Å²) in [6.07, 6.45) is 0. The molecule has 0 radical (unpaired) electrons. The number of thiophene rings is 1. The molecule has 1 fully saturated rings. The summed E-state index contributed by atoms with van der Waals surface area (Å²) in [5.74, 6) is -0.150. The standard InChI is InChI=1S/C18H16N4O3S3/c1-21(2)17-20-16-13(28-17)7-12(27-16)15(24)19-11-5-3-10(4-6-11)8-22-14(23)9-26-18(22)25/h3-7H,8-9H2,1-2H3,(H,19,24). The molecule has 28 heavy (non-hydrogen) atoms. The summed E-state index contributed by atoms with van der Waals surface area (Å²) >= 11 is 3.94. The predicted octanol–water partition coefficient (Wildman–Crippen LogP) is 3.87. The maximum atomic E-state index is 12.5. The average Bonchev–Trinajstić information content (AvgIpc) is 3.32. The van der Waals surface area contributed by atoms with Crippen molar-refractivity contribution in [2.45, 2.75) is 6.54 Å². The van der Waals surface area contributed by atoms with Crippen LogP contribution in [0.3, 0.4) is 0 Å². The zero-order valence-electron chi connectivity index (χ0n) is 15.1. The number of hydrogen-bond acceptors (Lipinski definition) is 8. The molecule has 1 aliphatic rings. The highest BCUT2D eigenvalue weighted by Gasteiger charge is 2.29. The van der Waals surface area contributed by atoms with Gasteiger partial charge in [-0.1, -0.05) is 35.2 Å². The average molecular weight is 433 g/mol. The number of thioether (sulfide) groups is 1. The largest absolute Gasteiger partial charge is 0.354 e.